The summed E-state index contributed by atoms with van der Waals surface area (Å²) in [6.07, 6.45) is -1.19. The lowest BCUT2D eigenvalue weighted by Crippen LogP contribution is -2.69. The lowest BCUT2D eigenvalue weighted by atomic mass is 9.84. The summed E-state index contributed by atoms with van der Waals surface area (Å²) in [6.45, 7) is 0.960. The summed E-state index contributed by atoms with van der Waals surface area (Å²) < 4.78 is 58.0. The molecule has 2 heterocycles. The van der Waals surface area contributed by atoms with Crippen LogP contribution in [0.1, 0.15) is 181 Å². The minimum absolute atomic E-state index is 0.0416. The lowest BCUT2D eigenvalue weighted by molar-refractivity contribution is -0.360. The molecule has 2 saturated heterocycles. The van der Waals surface area contributed by atoms with Gasteiger partial charge in [-0.05, 0) is 64.2 Å². The number of ether oxygens (including phenoxy) is 6. The number of aliphatic hydroxyl groups excluding tert-OH is 11. The van der Waals surface area contributed by atoms with Crippen molar-refractivity contribution in [1.82, 2.24) is 0 Å². The van der Waals surface area contributed by atoms with E-state index in [2.05, 4.69) is 38.2 Å². The molecule has 24 heteroatoms. The normalized spacial score (nSPS) is 31.6. The molecule has 12 N–H and O–H groups in total. The second-order valence-corrected chi connectivity index (χ2v) is 22.6. The van der Waals surface area contributed by atoms with Gasteiger partial charge in [-0.2, -0.15) is 0 Å². The number of carbonyl (C=O) groups is 2. The summed E-state index contributed by atoms with van der Waals surface area (Å²) in [5.41, 5.74) is 0. The number of hydrogen-bond donors (Lipinski definition) is 12. The van der Waals surface area contributed by atoms with Crippen LogP contribution in [0.25, 0.3) is 0 Å². The molecule has 1 aliphatic carbocycles. The van der Waals surface area contributed by atoms with Crippen molar-refractivity contribution in [2.45, 2.75) is 285 Å². The number of phosphoric acid groups is 1. The van der Waals surface area contributed by atoms with Gasteiger partial charge in [-0.15, -0.1) is 0 Å². The maximum absolute atomic E-state index is 14.0. The Morgan fingerprint density at radius 1 is 0.468 bits per heavy atom. The standard InChI is InChI=1S/C55H99O23P/c1-3-5-7-9-11-13-15-17-18-20-21-23-25-27-29-31-40(58)71-35-37(73-41(59)32-30-28-26-24-22-19-16-14-12-10-8-6-4-2)36-72-79(69,70)78-53-51(76-54-49(67)44(62)42(60)38(33-56)74-54)47(65)46(64)48(66)52(53)77-55-50(68)45(63)43(61)39(34-57)75-55/h14,16-18,37-39,42-57,60-68H,3-13,15,19-36H2,1-2H3,(H,69,70)/b16-14-,18-17-/t37-,38?,39?,42-,43+,44?,45?,46?,47?,48?,49-,50+,51-,52?,53?,54-,55+/m1/s1. The summed E-state index contributed by atoms with van der Waals surface area (Å²) in [7, 11) is -5.64. The third-order valence-corrected chi connectivity index (χ3v) is 15.5. The van der Waals surface area contributed by atoms with E-state index in [4.69, 9.17) is 37.5 Å². The van der Waals surface area contributed by atoms with Gasteiger partial charge in [-0.25, -0.2) is 4.57 Å². The zero-order chi connectivity index (χ0) is 58.2. The van der Waals surface area contributed by atoms with Gasteiger partial charge in [0.15, 0.2) is 18.7 Å². The molecular formula is C55H99O23P. The average Bonchev–Trinajstić information content (AvgIpc) is 3.55. The summed E-state index contributed by atoms with van der Waals surface area (Å²) in [6, 6.07) is 0. The van der Waals surface area contributed by atoms with Crippen LogP contribution < -0.4 is 0 Å². The Hall–Kier alpha value is -2.07. The molecule has 79 heavy (non-hydrogen) atoms. The van der Waals surface area contributed by atoms with E-state index in [0.717, 1.165) is 70.6 Å². The first-order valence-electron chi connectivity index (χ1n) is 29.2. The van der Waals surface area contributed by atoms with Crippen LogP contribution in [0.3, 0.4) is 0 Å². The van der Waals surface area contributed by atoms with Crippen molar-refractivity contribution in [3.05, 3.63) is 24.3 Å². The number of hydrogen-bond acceptors (Lipinski definition) is 22. The summed E-state index contributed by atoms with van der Waals surface area (Å²) in [5, 5.41) is 117. The van der Waals surface area contributed by atoms with Gasteiger partial charge in [-0.3, -0.25) is 18.6 Å². The minimum atomic E-state index is -5.64. The van der Waals surface area contributed by atoms with Crippen LogP contribution in [0, 0.1) is 0 Å². The molecule has 10 unspecified atom stereocenters. The molecular weight excluding hydrogens is 1060 g/mol. The van der Waals surface area contributed by atoms with Gasteiger partial charge in [0.25, 0.3) is 0 Å². The quantitative estimate of drug-likeness (QED) is 0.0179. The highest BCUT2D eigenvalue weighted by molar-refractivity contribution is 7.47. The lowest BCUT2D eigenvalue weighted by Gasteiger charge is -2.49. The Bertz CT molecular complexity index is 1670. The van der Waals surface area contributed by atoms with Crippen molar-refractivity contribution in [2.24, 2.45) is 0 Å². The van der Waals surface area contributed by atoms with Crippen LogP contribution in [0.5, 0.6) is 0 Å². The number of allylic oxidation sites excluding steroid dienone is 4. The van der Waals surface area contributed by atoms with Crippen molar-refractivity contribution in [3.8, 4) is 0 Å². The van der Waals surface area contributed by atoms with Crippen LogP contribution in [0.2, 0.25) is 0 Å². The summed E-state index contributed by atoms with van der Waals surface area (Å²) in [5.74, 6) is -1.35. The molecule has 23 nitrogen and oxygen atoms in total. The molecule has 18 atom stereocenters. The van der Waals surface area contributed by atoms with Gasteiger partial charge in [0, 0.05) is 12.8 Å². The van der Waals surface area contributed by atoms with Crippen LogP contribution >= 0.6 is 7.82 Å². The zero-order valence-electron chi connectivity index (χ0n) is 46.6. The summed E-state index contributed by atoms with van der Waals surface area (Å²) in [4.78, 5) is 37.5. The average molecular weight is 1160 g/mol. The summed E-state index contributed by atoms with van der Waals surface area (Å²) >= 11 is 0. The van der Waals surface area contributed by atoms with Crippen LogP contribution in [0.4, 0.5) is 0 Å². The Morgan fingerprint density at radius 3 is 1.25 bits per heavy atom. The molecule has 0 spiro atoms. The second kappa shape index (κ2) is 40.2. The number of aliphatic hydroxyl groups is 11. The molecule has 2 aliphatic heterocycles. The monoisotopic (exact) mass is 1160 g/mol. The molecule has 1 saturated carbocycles. The number of phosphoric ester groups is 1. The molecule has 462 valence electrons. The van der Waals surface area contributed by atoms with Gasteiger partial charge >= 0.3 is 19.8 Å². The van der Waals surface area contributed by atoms with E-state index in [1.54, 1.807) is 0 Å². The van der Waals surface area contributed by atoms with Gasteiger partial charge in [0.05, 0.1) is 19.8 Å². The first kappa shape index (κ1) is 71.2. The fourth-order valence-corrected chi connectivity index (χ4v) is 10.5. The second-order valence-electron chi connectivity index (χ2n) is 21.2. The fourth-order valence-electron chi connectivity index (χ4n) is 9.58. The SMILES string of the molecule is CCCCCC/C=C\CCCCCCCC(=O)O[C@H](COC(=O)CCCCCCC/C=C\CCCCCCCC)COP(=O)(O)OC1C(O[C@@H]2OC(CO)[C@H](O)C(O)[C@@H]2O)C(O)C(O)C(O)[C@H]1O[C@H]1OC(CO)[C@@H](O)C(O)[C@H]1O. The third kappa shape index (κ3) is 26.2. The van der Waals surface area contributed by atoms with E-state index < -0.39 is 150 Å². The smallest absolute Gasteiger partial charge is 0.462 e. The molecule has 3 rings (SSSR count). The predicted molar refractivity (Wildman–Crippen MR) is 286 cm³/mol. The molecule has 0 bridgehead atoms. The minimum Gasteiger partial charge on any atom is -0.462 e. The van der Waals surface area contributed by atoms with Crippen molar-refractivity contribution in [1.29, 1.82) is 0 Å². The molecule has 0 amide bonds. The Balaban J connectivity index is 1.71. The highest BCUT2D eigenvalue weighted by Gasteiger charge is 2.58. The van der Waals surface area contributed by atoms with Gasteiger partial charge < -0.3 is 89.5 Å². The molecule has 0 aromatic heterocycles. The largest absolute Gasteiger partial charge is 0.472 e. The van der Waals surface area contributed by atoms with Crippen molar-refractivity contribution < 1.29 is 113 Å². The number of esters is 2. The molecule has 3 fully saturated rings. The molecule has 3 aliphatic rings. The Morgan fingerprint density at radius 2 is 0.835 bits per heavy atom. The zero-order valence-corrected chi connectivity index (χ0v) is 47.5. The van der Waals surface area contributed by atoms with E-state index in [1.165, 1.54) is 64.2 Å². The van der Waals surface area contributed by atoms with E-state index in [0.29, 0.717) is 19.3 Å². The Kier molecular flexibility index (Phi) is 36.3. The van der Waals surface area contributed by atoms with Crippen LogP contribution in [0.15, 0.2) is 24.3 Å². The van der Waals surface area contributed by atoms with E-state index in [9.17, 15) is 75.2 Å². The number of carbonyl (C=O) groups excluding carboxylic acids is 2. The predicted octanol–water partition coefficient (Wildman–Crippen LogP) is 3.70. The van der Waals surface area contributed by atoms with Gasteiger partial charge in [-0.1, -0.05) is 128 Å². The van der Waals surface area contributed by atoms with E-state index in [1.807, 2.05) is 0 Å². The highest BCUT2D eigenvalue weighted by Crippen LogP contribution is 2.49. The Labute approximate surface area is 466 Å². The number of unbranched alkanes of at least 4 members (excludes halogenated alkanes) is 20. The third-order valence-electron chi connectivity index (χ3n) is 14.5. The van der Waals surface area contributed by atoms with E-state index in [-0.39, 0.29) is 12.8 Å². The molecule has 0 aromatic rings. The fraction of sp³-hybridized carbons (Fsp3) is 0.891. The first-order chi connectivity index (χ1) is 37.9. The highest BCUT2D eigenvalue weighted by atomic mass is 31.2. The van der Waals surface area contributed by atoms with Crippen molar-refractivity contribution in [2.75, 3.05) is 26.4 Å². The van der Waals surface area contributed by atoms with Crippen LogP contribution in [-0.2, 0) is 51.6 Å². The maximum atomic E-state index is 14.0. The van der Waals surface area contributed by atoms with Gasteiger partial charge in [0.1, 0.15) is 92.1 Å². The molecule has 0 aromatic carbocycles. The van der Waals surface area contributed by atoms with Crippen LogP contribution in [-0.4, -0.2) is 204 Å². The maximum Gasteiger partial charge on any atom is 0.472 e. The van der Waals surface area contributed by atoms with Gasteiger partial charge in [0.2, 0.25) is 0 Å². The van der Waals surface area contributed by atoms with Crippen molar-refractivity contribution >= 4 is 19.8 Å². The molecule has 0 radical (unpaired) electrons. The van der Waals surface area contributed by atoms with E-state index >= 15 is 0 Å². The van der Waals surface area contributed by atoms with Crippen molar-refractivity contribution in [3.63, 3.8) is 0 Å². The first-order valence-corrected chi connectivity index (χ1v) is 30.7. The number of rotatable bonds is 42. The topological polar surface area (TPSA) is 368 Å².